The maximum Gasteiger partial charge on any atom is 0.252 e. The van der Waals surface area contributed by atoms with Gasteiger partial charge in [-0.2, -0.15) is 0 Å². The Labute approximate surface area is 158 Å². The maximum absolute atomic E-state index is 12.5. The van der Waals surface area contributed by atoms with E-state index < -0.39 is 0 Å². The van der Waals surface area contributed by atoms with Gasteiger partial charge in [-0.1, -0.05) is 30.8 Å². The number of amides is 1. The van der Waals surface area contributed by atoms with Gasteiger partial charge in [0.15, 0.2) is 0 Å². The molecule has 0 spiro atoms. The van der Waals surface area contributed by atoms with E-state index in [0.29, 0.717) is 25.3 Å². The third-order valence-electron chi connectivity index (χ3n) is 4.87. The highest BCUT2D eigenvalue weighted by atomic mass is 16.5. The van der Waals surface area contributed by atoms with Crippen LogP contribution in [-0.2, 0) is 9.53 Å². The Bertz CT molecular complexity index is 970. The monoisotopic (exact) mass is 361 g/mol. The summed E-state index contributed by atoms with van der Waals surface area (Å²) in [5.74, 6) is -0.140. The van der Waals surface area contributed by atoms with E-state index >= 15 is 0 Å². The van der Waals surface area contributed by atoms with Crippen LogP contribution in [0.2, 0.25) is 0 Å². The molecule has 1 aliphatic rings. The number of rotatable bonds is 5. The number of benzene rings is 2. The molecule has 1 saturated heterocycles. The molecule has 2 heterocycles. The third kappa shape index (κ3) is 3.94. The Kier molecular flexibility index (Phi) is 5.05. The fourth-order valence-corrected chi connectivity index (χ4v) is 3.42. The summed E-state index contributed by atoms with van der Waals surface area (Å²) < 4.78 is 5.34. The molecule has 2 aromatic carbocycles. The molecule has 1 aliphatic heterocycles. The molecule has 1 amide bonds. The van der Waals surface area contributed by atoms with Gasteiger partial charge in [-0.05, 0) is 35.4 Å². The van der Waals surface area contributed by atoms with Crippen molar-refractivity contribution in [1.29, 1.82) is 0 Å². The van der Waals surface area contributed by atoms with Gasteiger partial charge in [-0.3, -0.25) is 9.69 Å². The van der Waals surface area contributed by atoms with Gasteiger partial charge in [0, 0.05) is 48.0 Å². The number of anilines is 1. The highest BCUT2D eigenvalue weighted by molar-refractivity contribution is 6.04. The molecule has 4 rings (SSSR count). The maximum atomic E-state index is 12.5. The second-order valence-corrected chi connectivity index (χ2v) is 6.77. The third-order valence-corrected chi connectivity index (χ3v) is 4.87. The van der Waals surface area contributed by atoms with Gasteiger partial charge in [0.05, 0.1) is 13.2 Å². The molecule has 27 heavy (non-hydrogen) atoms. The van der Waals surface area contributed by atoms with Crippen LogP contribution in [-0.4, -0.2) is 48.6 Å². The van der Waals surface area contributed by atoms with Crippen molar-refractivity contribution in [2.24, 2.45) is 0 Å². The summed E-state index contributed by atoms with van der Waals surface area (Å²) in [7, 11) is 0. The van der Waals surface area contributed by atoms with Gasteiger partial charge >= 0.3 is 0 Å². The van der Waals surface area contributed by atoms with Gasteiger partial charge in [-0.25, -0.2) is 0 Å². The summed E-state index contributed by atoms with van der Waals surface area (Å²) in [6.45, 7) is 7.62. The molecule has 0 atom stereocenters. The molecule has 0 radical (unpaired) electrons. The van der Waals surface area contributed by atoms with E-state index in [1.165, 1.54) is 0 Å². The Morgan fingerprint density at radius 1 is 1.15 bits per heavy atom. The fourth-order valence-electron chi connectivity index (χ4n) is 3.42. The van der Waals surface area contributed by atoms with Gasteiger partial charge in [0.1, 0.15) is 0 Å². The van der Waals surface area contributed by atoms with Crippen molar-refractivity contribution in [1.82, 2.24) is 9.88 Å². The number of morpholine rings is 1. The van der Waals surface area contributed by atoms with Crippen LogP contribution in [0.25, 0.3) is 22.0 Å². The molecular formula is C22H23N3O2. The van der Waals surface area contributed by atoms with Crippen LogP contribution < -0.4 is 5.32 Å². The van der Waals surface area contributed by atoms with Crippen LogP contribution in [0.4, 0.5) is 5.69 Å². The van der Waals surface area contributed by atoms with E-state index in [0.717, 1.165) is 40.8 Å². The first-order valence-corrected chi connectivity index (χ1v) is 9.16. The van der Waals surface area contributed by atoms with E-state index in [2.05, 4.69) is 46.0 Å². The van der Waals surface area contributed by atoms with E-state index in [-0.39, 0.29) is 5.91 Å². The summed E-state index contributed by atoms with van der Waals surface area (Å²) in [6, 6.07) is 16.2. The second kappa shape index (κ2) is 7.78. The van der Waals surface area contributed by atoms with E-state index in [1.54, 1.807) is 0 Å². The minimum Gasteiger partial charge on any atom is -0.379 e. The van der Waals surface area contributed by atoms with Crippen molar-refractivity contribution in [2.45, 2.75) is 0 Å². The first-order valence-electron chi connectivity index (χ1n) is 9.16. The summed E-state index contributed by atoms with van der Waals surface area (Å²) in [5.41, 5.74) is 4.64. The molecule has 0 saturated carbocycles. The standard InChI is InChI=1S/C22H23N3O2/c1-16(15-25-10-12-27-13-11-25)22(26)24-18-5-2-4-17(14-18)19-6-3-7-21-20(19)8-9-23-21/h2-9,14,23H,1,10-13,15H2,(H,24,26). The number of hydrogen-bond donors (Lipinski definition) is 2. The largest absolute Gasteiger partial charge is 0.379 e. The molecule has 2 N–H and O–H groups in total. The van der Waals surface area contributed by atoms with Crippen LogP contribution in [0.3, 0.4) is 0 Å². The number of aromatic nitrogens is 1. The van der Waals surface area contributed by atoms with Gasteiger partial charge in [0.25, 0.3) is 5.91 Å². The number of carbonyl (C=O) groups is 1. The number of carbonyl (C=O) groups excluding carboxylic acids is 1. The minimum atomic E-state index is -0.140. The Hall–Kier alpha value is -2.89. The smallest absolute Gasteiger partial charge is 0.252 e. The number of ether oxygens (including phenoxy) is 1. The van der Waals surface area contributed by atoms with Crippen molar-refractivity contribution in [3.8, 4) is 11.1 Å². The molecule has 5 nitrogen and oxygen atoms in total. The quantitative estimate of drug-likeness (QED) is 0.682. The van der Waals surface area contributed by atoms with Gasteiger partial charge < -0.3 is 15.0 Å². The summed E-state index contributed by atoms with van der Waals surface area (Å²) in [5, 5.41) is 4.14. The average Bonchev–Trinajstić information content (AvgIpc) is 3.18. The molecule has 0 unspecified atom stereocenters. The highest BCUT2D eigenvalue weighted by Gasteiger charge is 2.15. The first-order chi connectivity index (χ1) is 13.2. The predicted molar refractivity (Wildman–Crippen MR) is 109 cm³/mol. The zero-order chi connectivity index (χ0) is 18.6. The molecule has 1 fully saturated rings. The van der Waals surface area contributed by atoms with Crippen LogP contribution in [0.1, 0.15) is 0 Å². The van der Waals surface area contributed by atoms with Crippen LogP contribution in [0.15, 0.2) is 66.9 Å². The number of nitrogens with zero attached hydrogens (tertiary/aromatic N) is 1. The van der Waals surface area contributed by atoms with E-state index in [1.807, 2.05) is 30.5 Å². The van der Waals surface area contributed by atoms with Crippen molar-refractivity contribution in [2.75, 3.05) is 38.2 Å². The molecule has 1 aromatic heterocycles. The summed E-state index contributed by atoms with van der Waals surface area (Å²) in [4.78, 5) is 18.0. The van der Waals surface area contributed by atoms with Crippen molar-refractivity contribution in [3.05, 3.63) is 66.9 Å². The molecule has 5 heteroatoms. The number of aromatic amines is 1. The van der Waals surface area contributed by atoms with Crippen LogP contribution in [0.5, 0.6) is 0 Å². The van der Waals surface area contributed by atoms with Crippen LogP contribution in [0, 0.1) is 0 Å². The van der Waals surface area contributed by atoms with Gasteiger partial charge in [-0.15, -0.1) is 0 Å². The topological polar surface area (TPSA) is 57.4 Å². The lowest BCUT2D eigenvalue weighted by atomic mass is 10.0. The van der Waals surface area contributed by atoms with Crippen molar-refractivity contribution in [3.63, 3.8) is 0 Å². The molecule has 3 aromatic rings. The van der Waals surface area contributed by atoms with Gasteiger partial charge in [0.2, 0.25) is 0 Å². The molecule has 0 aliphatic carbocycles. The summed E-state index contributed by atoms with van der Waals surface area (Å²) in [6.07, 6.45) is 1.94. The predicted octanol–water partition coefficient (Wildman–Crippen LogP) is 3.66. The number of hydrogen-bond acceptors (Lipinski definition) is 3. The normalized spacial score (nSPS) is 15.0. The Balaban J connectivity index is 1.48. The molecule has 0 bridgehead atoms. The number of H-pyrrole nitrogens is 1. The lowest BCUT2D eigenvalue weighted by Gasteiger charge is -2.26. The lowest BCUT2D eigenvalue weighted by Crippen LogP contribution is -2.38. The second-order valence-electron chi connectivity index (χ2n) is 6.77. The zero-order valence-corrected chi connectivity index (χ0v) is 15.2. The molecular weight excluding hydrogens is 338 g/mol. The first kappa shape index (κ1) is 17.5. The Morgan fingerprint density at radius 2 is 1.96 bits per heavy atom. The highest BCUT2D eigenvalue weighted by Crippen LogP contribution is 2.29. The number of fused-ring (bicyclic) bond motifs is 1. The SMILES string of the molecule is C=C(CN1CCOCC1)C(=O)Nc1cccc(-c2cccc3[nH]ccc23)c1. The zero-order valence-electron chi connectivity index (χ0n) is 15.2. The lowest BCUT2D eigenvalue weighted by molar-refractivity contribution is -0.113. The van der Waals surface area contributed by atoms with Crippen LogP contribution >= 0.6 is 0 Å². The Morgan fingerprint density at radius 3 is 2.81 bits per heavy atom. The average molecular weight is 361 g/mol. The van der Waals surface area contributed by atoms with Crippen molar-refractivity contribution < 1.29 is 9.53 Å². The van der Waals surface area contributed by atoms with Crippen molar-refractivity contribution >= 4 is 22.5 Å². The fraction of sp³-hybridized carbons (Fsp3) is 0.227. The molecule has 138 valence electrons. The number of nitrogens with one attached hydrogen (secondary N) is 2. The van der Waals surface area contributed by atoms with E-state index in [4.69, 9.17) is 4.74 Å². The minimum absolute atomic E-state index is 0.140. The summed E-state index contributed by atoms with van der Waals surface area (Å²) >= 11 is 0. The van der Waals surface area contributed by atoms with E-state index in [9.17, 15) is 4.79 Å².